The molecule has 5 nitrogen and oxygen atoms in total. The van der Waals surface area contributed by atoms with E-state index in [1.54, 1.807) is 37.3 Å². The number of carboxylic acids is 1. The van der Waals surface area contributed by atoms with Crippen molar-refractivity contribution < 1.29 is 24.2 Å². The fraction of sp³-hybridized carbons (Fsp3) is 0.214. The molecule has 0 amide bonds. The average molecular weight is 262 g/mol. The van der Waals surface area contributed by atoms with Crippen LogP contribution < -0.4 is 4.74 Å². The predicted molar refractivity (Wildman–Crippen MR) is 67.1 cm³/mol. The minimum atomic E-state index is -1.12. The first-order valence-electron chi connectivity index (χ1n) is 5.80. The van der Waals surface area contributed by atoms with Crippen molar-refractivity contribution in [3.05, 3.63) is 53.5 Å². The van der Waals surface area contributed by atoms with Crippen LogP contribution >= 0.6 is 0 Å². The van der Waals surface area contributed by atoms with Crippen molar-refractivity contribution >= 4 is 5.97 Å². The topological polar surface area (TPSA) is 79.9 Å². The number of hydrogen-bond acceptors (Lipinski definition) is 4. The number of furan rings is 1. The molecule has 2 aromatic rings. The molecule has 0 fully saturated rings. The van der Waals surface area contributed by atoms with Gasteiger partial charge in [0.05, 0.1) is 6.61 Å². The zero-order chi connectivity index (χ0) is 13.8. The molecule has 1 heterocycles. The first-order valence-corrected chi connectivity index (χ1v) is 5.80. The summed E-state index contributed by atoms with van der Waals surface area (Å²) in [7, 11) is 0. The number of aromatic carboxylic acids is 1. The molecule has 0 saturated carbocycles. The maximum absolute atomic E-state index is 10.7. The molecule has 0 aliphatic heterocycles. The van der Waals surface area contributed by atoms with Crippen LogP contribution in [-0.4, -0.2) is 16.2 Å². The summed E-state index contributed by atoms with van der Waals surface area (Å²) in [5.41, 5.74) is 0.666. The third-order valence-corrected chi connectivity index (χ3v) is 2.68. The van der Waals surface area contributed by atoms with Gasteiger partial charge in [0.25, 0.3) is 0 Å². The molecule has 0 saturated heterocycles. The summed E-state index contributed by atoms with van der Waals surface area (Å²) in [6.07, 6.45) is -0.444. The summed E-state index contributed by atoms with van der Waals surface area (Å²) in [6, 6.07) is 10.0. The summed E-state index contributed by atoms with van der Waals surface area (Å²) in [5, 5.41) is 18.0. The lowest BCUT2D eigenvalue weighted by Gasteiger charge is -2.14. The third-order valence-electron chi connectivity index (χ3n) is 2.68. The second-order valence-electron chi connectivity index (χ2n) is 4.03. The third kappa shape index (κ3) is 2.95. The van der Waals surface area contributed by atoms with Crippen LogP contribution in [0, 0.1) is 0 Å². The van der Waals surface area contributed by atoms with E-state index in [0.29, 0.717) is 17.1 Å². The van der Waals surface area contributed by atoms with Crippen molar-refractivity contribution in [2.24, 2.45) is 0 Å². The zero-order valence-corrected chi connectivity index (χ0v) is 10.4. The van der Waals surface area contributed by atoms with Crippen LogP contribution in [0.4, 0.5) is 0 Å². The van der Waals surface area contributed by atoms with Gasteiger partial charge < -0.3 is 19.4 Å². The van der Waals surface area contributed by atoms with E-state index in [0.717, 1.165) is 0 Å². The van der Waals surface area contributed by atoms with Crippen molar-refractivity contribution in [1.82, 2.24) is 0 Å². The lowest BCUT2D eigenvalue weighted by atomic mass is 10.2. The first kappa shape index (κ1) is 13.2. The molecule has 0 radical (unpaired) electrons. The van der Waals surface area contributed by atoms with E-state index in [1.165, 1.54) is 6.07 Å². The van der Waals surface area contributed by atoms with E-state index in [-0.39, 0.29) is 12.4 Å². The Hall–Kier alpha value is -2.27. The summed E-state index contributed by atoms with van der Waals surface area (Å²) in [4.78, 5) is 10.7. The molecule has 0 bridgehead atoms. The van der Waals surface area contributed by atoms with E-state index in [2.05, 4.69) is 0 Å². The predicted octanol–water partition coefficient (Wildman–Crippen LogP) is 2.61. The van der Waals surface area contributed by atoms with Crippen molar-refractivity contribution in [1.29, 1.82) is 0 Å². The second-order valence-corrected chi connectivity index (χ2v) is 4.03. The van der Waals surface area contributed by atoms with Crippen LogP contribution in [0.3, 0.4) is 0 Å². The largest absolute Gasteiger partial charge is 0.482 e. The maximum Gasteiger partial charge on any atom is 0.371 e. The number of ether oxygens (including phenoxy) is 1. The smallest absolute Gasteiger partial charge is 0.371 e. The van der Waals surface area contributed by atoms with Crippen LogP contribution in [0.1, 0.15) is 34.9 Å². The van der Waals surface area contributed by atoms with Gasteiger partial charge in [0.1, 0.15) is 11.5 Å². The molecule has 19 heavy (non-hydrogen) atoms. The molecule has 1 atom stereocenters. The lowest BCUT2D eigenvalue weighted by Crippen LogP contribution is -2.04. The Bertz CT molecular complexity index is 573. The molecule has 2 N–H and O–H groups in total. The van der Waals surface area contributed by atoms with Gasteiger partial charge in [0, 0.05) is 5.56 Å². The molecule has 5 heteroatoms. The number of carbonyl (C=O) groups is 1. The number of aliphatic hydroxyl groups is 1. The average Bonchev–Trinajstić information content (AvgIpc) is 2.89. The highest BCUT2D eigenvalue weighted by molar-refractivity contribution is 5.84. The van der Waals surface area contributed by atoms with Gasteiger partial charge in [-0.1, -0.05) is 18.2 Å². The van der Waals surface area contributed by atoms with Crippen molar-refractivity contribution in [2.75, 3.05) is 0 Å². The first-order chi connectivity index (χ1) is 9.11. The fourth-order valence-electron chi connectivity index (χ4n) is 1.68. The van der Waals surface area contributed by atoms with Gasteiger partial charge in [-0.15, -0.1) is 0 Å². The quantitative estimate of drug-likeness (QED) is 0.865. The Morgan fingerprint density at radius 3 is 2.68 bits per heavy atom. The zero-order valence-electron chi connectivity index (χ0n) is 10.4. The number of aliphatic hydroxyl groups excluding tert-OH is 1. The van der Waals surface area contributed by atoms with Gasteiger partial charge in [-0.3, -0.25) is 0 Å². The van der Waals surface area contributed by atoms with E-state index in [4.69, 9.17) is 14.3 Å². The van der Waals surface area contributed by atoms with E-state index >= 15 is 0 Å². The maximum atomic E-state index is 10.7. The Balaban J connectivity index is 2.15. The van der Waals surface area contributed by atoms with Gasteiger partial charge in [-0.05, 0) is 25.1 Å². The SMILES string of the molecule is CC(Oc1ccccc1CO)c1ccc(C(=O)O)o1. The molecule has 0 spiro atoms. The molecule has 100 valence electrons. The van der Waals surface area contributed by atoms with Gasteiger partial charge >= 0.3 is 5.97 Å². The minimum Gasteiger partial charge on any atom is -0.482 e. The van der Waals surface area contributed by atoms with E-state index in [1.807, 2.05) is 0 Å². The number of para-hydroxylation sites is 1. The Morgan fingerprint density at radius 2 is 2.05 bits per heavy atom. The van der Waals surface area contributed by atoms with Crippen molar-refractivity contribution in [3.63, 3.8) is 0 Å². The summed E-state index contributed by atoms with van der Waals surface area (Å²) in [6.45, 7) is 1.63. The Kier molecular flexibility index (Phi) is 3.87. The molecular formula is C14H14O5. The Labute approximate surface area is 110 Å². The van der Waals surface area contributed by atoms with E-state index < -0.39 is 12.1 Å². The second kappa shape index (κ2) is 5.58. The summed E-state index contributed by atoms with van der Waals surface area (Å²) < 4.78 is 10.8. The van der Waals surface area contributed by atoms with Crippen molar-refractivity contribution in [3.8, 4) is 5.75 Å². The van der Waals surface area contributed by atoms with Gasteiger partial charge in [0.2, 0.25) is 5.76 Å². The molecular weight excluding hydrogens is 248 g/mol. The Morgan fingerprint density at radius 1 is 1.32 bits per heavy atom. The number of rotatable bonds is 5. The van der Waals surface area contributed by atoms with Crippen LogP contribution in [0.2, 0.25) is 0 Å². The molecule has 1 aromatic heterocycles. The lowest BCUT2D eigenvalue weighted by molar-refractivity contribution is 0.0655. The van der Waals surface area contributed by atoms with E-state index in [9.17, 15) is 9.90 Å². The van der Waals surface area contributed by atoms with Gasteiger partial charge in [-0.25, -0.2) is 4.79 Å². The summed E-state index contributed by atoms with van der Waals surface area (Å²) >= 11 is 0. The normalized spacial score (nSPS) is 12.1. The van der Waals surface area contributed by atoms with Gasteiger partial charge in [0.15, 0.2) is 6.10 Å². The summed E-state index contributed by atoms with van der Waals surface area (Å²) in [5.74, 6) is -0.272. The fourth-order valence-corrected chi connectivity index (χ4v) is 1.68. The molecule has 2 rings (SSSR count). The van der Waals surface area contributed by atoms with Crippen molar-refractivity contribution in [2.45, 2.75) is 19.6 Å². The van der Waals surface area contributed by atoms with Crippen LogP contribution in [0.15, 0.2) is 40.8 Å². The minimum absolute atomic E-state index is 0.124. The highest BCUT2D eigenvalue weighted by Gasteiger charge is 2.16. The molecule has 1 aromatic carbocycles. The molecule has 0 aliphatic rings. The van der Waals surface area contributed by atoms with Crippen LogP contribution in [-0.2, 0) is 6.61 Å². The van der Waals surface area contributed by atoms with Crippen LogP contribution in [0.5, 0.6) is 5.75 Å². The number of benzene rings is 1. The molecule has 0 aliphatic carbocycles. The number of hydrogen-bond donors (Lipinski definition) is 2. The number of carboxylic acid groups (broad SMARTS) is 1. The van der Waals surface area contributed by atoms with Crippen LogP contribution in [0.25, 0.3) is 0 Å². The molecule has 1 unspecified atom stereocenters. The standard InChI is InChI=1S/C14H14O5/c1-9(11-6-7-13(19-11)14(16)17)18-12-5-3-2-4-10(12)8-15/h2-7,9,15H,8H2,1H3,(H,16,17). The highest BCUT2D eigenvalue weighted by Crippen LogP contribution is 2.26. The highest BCUT2D eigenvalue weighted by atomic mass is 16.5. The van der Waals surface area contributed by atoms with Gasteiger partial charge in [-0.2, -0.15) is 0 Å². The monoisotopic (exact) mass is 262 g/mol.